The molecule has 3 aliphatic heterocycles. The Morgan fingerprint density at radius 3 is 2.33 bits per heavy atom. The molecule has 3 aliphatic rings. The van der Waals surface area contributed by atoms with Crippen molar-refractivity contribution in [3.63, 3.8) is 0 Å². The Morgan fingerprint density at radius 1 is 0.922 bits per heavy atom. The van der Waals surface area contributed by atoms with Gasteiger partial charge in [0.2, 0.25) is 10.0 Å². The number of thioether (sulfide) groups is 1. The zero-order valence-corrected chi connectivity index (χ0v) is 30.1. The lowest BCUT2D eigenvalue weighted by molar-refractivity contribution is -0.149. The lowest BCUT2D eigenvalue weighted by atomic mass is 9.98. The Balaban J connectivity index is 1.11. The van der Waals surface area contributed by atoms with E-state index in [1.165, 1.54) is 21.6 Å². The number of hydrogen-bond donors (Lipinski definition) is 0. The van der Waals surface area contributed by atoms with Gasteiger partial charge in [-0.2, -0.15) is 14.4 Å². The number of benzene rings is 3. The first-order valence-corrected chi connectivity index (χ1v) is 19.5. The Morgan fingerprint density at radius 2 is 1.63 bits per heavy atom. The number of aliphatic imine (C=N–C) groups is 1. The second-order valence-corrected chi connectivity index (χ2v) is 15.7. The Hall–Kier alpha value is -4.56. The highest BCUT2D eigenvalue weighted by Crippen LogP contribution is 2.35. The maximum Gasteiger partial charge on any atom is 0.309 e. The quantitative estimate of drug-likeness (QED) is 0.168. The fourth-order valence-corrected chi connectivity index (χ4v) is 9.06. The monoisotopic (exact) mass is 724 g/mol. The van der Waals surface area contributed by atoms with E-state index >= 15 is 0 Å². The molecule has 0 aliphatic carbocycles. The van der Waals surface area contributed by atoms with Gasteiger partial charge >= 0.3 is 5.97 Å². The van der Waals surface area contributed by atoms with Gasteiger partial charge in [0.15, 0.2) is 5.17 Å². The molecular weight excluding hydrogens is 685 g/mol. The van der Waals surface area contributed by atoms with Crippen molar-refractivity contribution in [1.82, 2.24) is 23.9 Å². The molecule has 2 fully saturated rings. The van der Waals surface area contributed by atoms with Gasteiger partial charge in [-0.25, -0.2) is 13.1 Å². The minimum atomic E-state index is -3.84. The van der Waals surface area contributed by atoms with Crippen LogP contribution in [0.15, 0.2) is 106 Å². The van der Waals surface area contributed by atoms with Gasteiger partial charge in [0.05, 0.1) is 28.0 Å². The third-order valence-electron chi connectivity index (χ3n) is 9.37. The first kappa shape index (κ1) is 34.9. The number of nitrogens with zero attached hydrogens (tertiary/aromatic N) is 6. The van der Waals surface area contributed by atoms with E-state index in [1.807, 2.05) is 48.7 Å². The number of hydrogen-bond acceptors (Lipinski definition) is 9. The largest absolute Gasteiger partial charge is 0.466 e. The summed E-state index contributed by atoms with van der Waals surface area (Å²) in [5, 5.41) is 5.59. The molecule has 0 unspecified atom stereocenters. The number of para-hydroxylation sites is 1. The number of carbonyl (C=O) groups excluding carboxylic acids is 2. The van der Waals surface area contributed by atoms with Crippen LogP contribution in [0.4, 0.5) is 0 Å². The zero-order valence-electron chi connectivity index (χ0n) is 28.4. The van der Waals surface area contributed by atoms with Crippen LogP contribution in [0.5, 0.6) is 0 Å². The lowest BCUT2D eigenvalue weighted by Gasteiger charge is -2.35. The lowest BCUT2D eigenvalue weighted by Crippen LogP contribution is -2.47. The third kappa shape index (κ3) is 7.86. The molecule has 51 heavy (non-hydrogen) atoms. The normalized spacial score (nSPS) is 18.7. The van der Waals surface area contributed by atoms with Crippen molar-refractivity contribution in [1.29, 1.82) is 0 Å². The van der Waals surface area contributed by atoms with Crippen molar-refractivity contribution in [2.45, 2.75) is 31.2 Å². The Kier molecular flexibility index (Phi) is 10.5. The van der Waals surface area contributed by atoms with Crippen LogP contribution in [0.25, 0.3) is 23.0 Å². The van der Waals surface area contributed by atoms with Crippen molar-refractivity contribution < 1.29 is 22.7 Å². The van der Waals surface area contributed by atoms with Gasteiger partial charge in [-0.1, -0.05) is 60.7 Å². The molecule has 0 atom stereocenters. The summed E-state index contributed by atoms with van der Waals surface area (Å²) in [7, 11) is -3.84. The number of amidine groups is 1. The molecule has 1 aromatic heterocycles. The molecule has 3 aromatic carbocycles. The highest BCUT2D eigenvalue weighted by molar-refractivity contribution is 8.18. The van der Waals surface area contributed by atoms with E-state index in [9.17, 15) is 18.0 Å². The Bertz CT molecular complexity index is 2050. The number of sulfonamides is 1. The number of piperazine rings is 1. The van der Waals surface area contributed by atoms with E-state index in [1.54, 1.807) is 35.9 Å². The average Bonchev–Trinajstić information content (AvgIpc) is 3.76. The summed E-state index contributed by atoms with van der Waals surface area (Å²) in [6.07, 6.45) is 4.48. The predicted molar refractivity (Wildman–Crippen MR) is 198 cm³/mol. The van der Waals surface area contributed by atoms with Gasteiger partial charge in [0, 0.05) is 63.1 Å². The summed E-state index contributed by atoms with van der Waals surface area (Å²) in [4.78, 5) is 35.1. The van der Waals surface area contributed by atoms with Crippen LogP contribution in [-0.2, 0) is 30.9 Å². The molecule has 13 heteroatoms. The number of amides is 1. The molecular formula is C38H40N6O5S2. The number of aromatic nitrogens is 2. The van der Waals surface area contributed by atoms with E-state index < -0.39 is 10.0 Å². The van der Waals surface area contributed by atoms with E-state index in [-0.39, 0.29) is 35.8 Å². The highest BCUT2D eigenvalue weighted by atomic mass is 32.2. The molecule has 0 N–H and O–H groups in total. The van der Waals surface area contributed by atoms with Crippen LogP contribution in [0.1, 0.15) is 30.9 Å². The molecule has 0 spiro atoms. The smallest absolute Gasteiger partial charge is 0.309 e. The van der Waals surface area contributed by atoms with Crippen molar-refractivity contribution in [3.8, 4) is 16.9 Å². The molecule has 2 saturated heterocycles. The number of esters is 1. The number of piperidine rings is 1. The Labute approximate surface area is 302 Å². The van der Waals surface area contributed by atoms with E-state index in [4.69, 9.17) is 9.84 Å². The van der Waals surface area contributed by atoms with Crippen molar-refractivity contribution >= 4 is 44.9 Å². The topological polar surface area (TPSA) is 117 Å². The minimum absolute atomic E-state index is 0.144. The molecule has 11 nitrogen and oxygen atoms in total. The molecule has 4 aromatic rings. The molecule has 0 radical (unpaired) electrons. The molecule has 4 heterocycles. The van der Waals surface area contributed by atoms with Gasteiger partial charge < -0.3 is 9.64 Å². The first-order chi connectivity index (χ1) is 24.8. The molecule has 264 valence electrons. The number of rotatable bonds is 9. The first-order valence-electron chi connectivity index (χ1n) is 17.2. The van der Waals surface area contributed by atoms with E-state index in [0.29, 0.717) is 46.3 Å². The maximum absolute atomic E-state index is 13.8. The van der Waals surface area contributed by atoms with Gasteiger partial charge in [-0.3, -0.25) is 14.5 Å². The van der Waals surface area contributed by atoms with Crippen LogP contribution in [0, 0.1) is 5.92 Å². The zero-order chi connectivity index (χ0) is 35.4. The van der Waals surface area contributed by atoms with Crippen molar-refractivity contribution in [2.24, 2.45) is 10.9 Å². The standard InChI is InChI=1S/C38H40N6O5S2/c1-2-49-37(46)29-16-18-43(19-17-29)51(47,48)33-15-9-12-30(24-33)35-31(27-44(40-35)32-13-7-4-8-14-32)25-34-36(45)39-38(50-34)42-22-20-41(21-23-42)26-28-10-5-3-6-11-28/h3-15,24-25,27,29H,2,16-23,26H2,1H3. The van der Waals surface area contributed by atoms with Crippen molar-refractivity contribution in [3.05, 3.63) is 107 Å². The van der Waals surface area contributed by atoms with Crippen LogP contribution in [0.3, 0.4) is 0 Å². The maximum atomic E-state index is 13.8. The summed E-state index contributed by atoms with van der Waals surface area (Å²) >= 11 is 1.36. The van der Waals surface area contributed by atoms with Crippen LogP contribution < -0.4 is 0 Å². The van der Waals surface area contributed by atoms with Crippen molar-refractivity contribution in [2.75, 3.05) is 45.9 Å². The third-order valence-corrected chi connectivity index (χ3v) is 12.3. The van der Waals surface area contributed by atoms with Crippen LogP contribution in [-0.4, -0.2) is 95.2 Å². The van der Waals surface area contributed by atoms with Gasteiger partial charge in [0.25, 0.3) is 5.91 Å². The second-order valence-electron chi connectivity index (χ2n) is 12.7. The SMILES string of the molecule is CCOC(=O)C1CCN(S(=O)(=O)c2cccc(-c3nn(-c4ccccc4)cc3C=C3SC(N4CCN(Cc5ccccc5)CC4)=NC3=O)c2)CC1. The molecule has 1 amide bonds. The molecule has 0 bridgehead atoms. The number of ether oxygens (including phenoxy) is 1. The number of carbonyl (C=O) groups is 2. The minimum Gasteiger partial charge on any atom is -0.466 e. The fourth-order valence-electron chi connectivity index (χ4n) is 6.59. The molecule has 7 rings (SSSR count). The second kappa shape index (κ2) is 15.4. The van der Waals surface area contributed by atoms with Crippen LogP contribution >= 0.6 is 11.8 Å². The van der Waals surface area contributed by atoms with Gasteiger partial charge in [-0.15, -0.1) is 0 Å². The van der Waals surface area contributed by atoms with E-state index in [2.05, 4.69) is 39.1 Å². The summed E-state index contributed by atoms with van der Waals surface area (Å²) in [5.41, 5.74) is 3.92. The predicted octanol–water partition coefficient (Wildman–Crippen LogP) is 5.29. The summed E-state index contributed by atoms with van der Waals surface area (Å²) in [5.74, 6) is -0.877. The van der Waals surface area contributed by atoms with Crippen LogP contribution in [0.2, 0.25) is 0 Å². The average molecular weight is 725 g/mol. The summed E-state index contributed by atoms with van der Waals surface area (Å²) in [6, 6.07) is 26.8. The summed E-state index contributed by atoms with van der Waals surface area (Å²) in [6.45, 7) is 6.73. The van der Waals surface area contributed by atoms with E-state index in [0.717, 1.165) is 38.4 Å². The highest BCUT2D eigenvalue weighted by Gasteiger charge is 2.33. The molecule has 0 saturated carbocycles. The summed E-state index contributed by atoms with van der Waals surface area (Å²) < 4.78 is 35.9. The fraction of sp³-hybridized carbons (Fsp3) is 0.316. The van der Waals surface area contributed by atoms with Gasteiger partial charge in [-0.05, 0) is 67.4 Å². The van der Waals surface area contributed by atoms with Gasteiger partial charge in [0.1, 0.15) is 5.69 Å².